The number of hydrogen-bond donors (Lipinski definition) is 1. The fourth-order valence-corrected chi connectivity index (χ4v) is 13.9. The van der Waals surface area contributed by atoms with Crippen molar-refractivity contribution >= 4 is 47.0 Å². The third-order valence-corrected chi connectivity index (χ3v) is 17.2. The summed E-state index contributed by atoms with van der Waals surface area (Å²) in [5.74, 6) is 0.371. The van der Waals surface area contributed by atoms with Crippen LogP contribution in [0, 0.1) is 0 Å². The van der Waals surface area contributed by atoms with Gasteiger partial charge in [-0.25, -0.2) is 4.98 Å². The standard InChI is InChI=1S/C54H50N4O3Si/c1-53(2,3)62(46-27-15-7-16-28-46,47-29-17-8-18-30-47)61-45-33-32-40-20-19-31-50(48(40)37-45)58-35-34-49(52(58)60)56-51(59)36-44-38-57(39-55-44)54(41-21-9-4-10-22-41,42-23-11-5-12-24-42)43-25-13-6-14-26-43/h4-33,37-39,49H,34-36H2,1-3H3,(H,56,59). The lowest BCUT2D eigenvalue weighted by atomic mass is 9.77. The van der Waals surface area contributed by atoms with E-state index in [1.54, 1.807) is 0 Å². The first-order valence-electron chi connectivity index (χ1n) is 21.3. The Hall–Kier alpha value is -7.03. The van der Waals surface area contributed by atoms with E-state index in [4.69, 9.17) is 9.41 Å². The number of hydrogen-bond acceptors (Lipinski definition) is 4. The first-order valence-corrected chi connectivity index (χ1v) is 23.2. The number of carbonyl (C=O) groups excluding carboxylic acids is 2. The Bertz CT molecular complexity index is 2670. The molecule has 8 aromatic rings. The van der Waals surface area contributed by atoms with E-state index in [0.29, 0.717) is 18.7 Å². The van der Waals surface area contributed by atoms with E-state index in [0.717, 1.165) is 38.9 Å². The molecule has 308 valence electrons. The van der Waals surface area contributed by atoms with Crippen LogP contribution in [0.15, 0.2) is 201 Å². The number of amides is 2. The maximum Gasteiger partial charge on any atom is 0.319 e. The summed E-state index contributed by atoms with van der Waals surface area (Å²) < 4.78 is 9.49. The van der Waals surface area contributed by atoms with Crippen LogP contribution in [0.4, 0.5) is 5.69 Å². The van der Waals surface area contributed by atoms with Crippen molar-refractivity contribution in [1.29, 1.82) is 0 Å². The number of carbonyl (C=O) groups is 2. The molecule has 0 bridgehead atoms. The Kier molecular flexibility index (Phi) is 10.9. The Morgan fingerprint density at radius 1 is 0.694 bits per heavy atom. The predicted molar refractivity (Wildman–Crippen MR) is 252 cm³/mol. The number of imidazole rings is 1. The predicted octanol–water partition coefficient (Wildman–Crippen LogP) is 9.28. The zero-order valence-corrected chi connectivity index (χ0v) is 36.3. The molecule has 1 aliphatic heterocycles. The molecule has 1 N–H and O–H groups in total. The topological polar surface area (TPSA) is 76.5 Å². The summed E-state index contributed by atoms with van der Waals surface area (Å²) in [4.78, 5) is 34.6. The minimum atomic E-state index is -2.90. The van der Waals surface area contributed by atoms with Crippen molar-refractivity contribution in [3.63, 3.8) is 0 Å². The Labute approximate surface area is 364 Å². The van der Waals surface area contributed by atoms with E-state index < -0.39 is 19.9 Å². The lowest BCUT2D eigenvalue weighted by molar-refractivity contribution is -0.126. The van der Waals surface area contributed by atoms with Crippen LogP contribution < -0.4 is 25.0 Å². The number of anilines is 1. The number of nitrogens with zero attached hydrogens (tertiary/aromatic N) is 3. The molecule has 0 spiro atoms. The first-order chi connectivity index (χ1) is 30.2. The SMILES string of the molecule is CC(C)(C)[Si](Oc1ccc2cccc(N3CCC(NC(=O)Cc4cn(C(c5ccccc5)(c5ccccc5)c5ccccc5)cn4)C3=O)c2c1)(c1ccccc1)c1ccccc1. The second kappa shape index (κ2) is 16.8. The van der Waals surface area contributed by atoms with Gasteiger partial charge in [-0.1, -0.05) is 191 Å². The third-order valence-electron chi connectivity index (χ3n) is 12.3. The van der Waals surface area contributed by atoms with Crippen LogP contribution >= 0.6 is 0 Å². The molecule has 1 unspecified atom stereocenters. The van der Waals surface area contributed by atoms with Gasteiger partial charge in [0.05, 0.1) is 24.1 Å². The number of benzene rings is 7. The van der Waals surface area contributed by atoms with Crippen LogP contribution in [-0.2, 0) is 21.5 Å². The summed E-state index contributed by atoms with van der Waals surface area (Å²) in [7, 11) is -2.90. The highest BCUT2D eigenvalue weighted by Crippen LogP contribution is 2.42. The highest BCUT2D eigenvalue weighted by Gasteiger charge is 2.52. The van der Waals surface area contributed by atoms with E-state index in [1.165, 1.54) is 10.4 Å². The summed E-state index contributed by atoms with van der Waals surface area (Å²) in [6.07, 6.45) is 4.29. The molecule has 0 saturated carbocycles. The second-order valence-corrected chi connectivity index (χ2v) is 21.3. The molecular formula is C54H50N4O3Si. The van der Waals surface area contributed by atoms with Crippen LogP contribution in [0.25, 0.3) is 10.8 Å². The maximum absolute atomic E-state index is 14.2. The van der Waals surface area contributed by atoms with E-state index in [9.17, 15) is 9.59 Å². The average molecular weight is 831 g/mol. The summed E-state index contributed by atoms with van der Waals surface area (Å²) in [6.45, 7) is 7.27. The molecule has 1 aliphatic rings. The molecule has 1 aromatic heterocycles. The zero-order valence-electron chi connectivity index (χ0n) is 35.3. The molecule has 8 heteroatoms. The fraction of sp³-hybridized carbons (Fsp3) is 0.167. The molecule has 7 aromatic carbocycles. The number of aromatic nitrogens is 2. The van der Waals surface area contributed by atoms with E-state index in [1.807, 2.05) is 102 Å². The van der Waals surface area contributed by atoms with Gasteiger partial charge >= 0.3 is 8.32 Å². The molecule has 62 heavy (non-hydrogen) atoms. The maximum atomic E-state index is 14.2. The first kappa shape index (κ1) is 40.4. The minimum Gasteiger partial charge on any atom is -0.534 e. The minimum absolute atomic E-state index is 0.0302. The van der Waals surface area contributed by atoms with Crippen molar-refractivity contribution < 1.29 is 14.0 Å². The molecule has 0 radical (unpaired) electrons. The van der Waals surface area contributed by atoms with Crippen molar-refractivity contribution in [2.45, 2.75) is 50.2 Å². The van der Waals surface area contributed by atoms with Gasteiger partial charge in [-0.2, -0.15) is 0 Å². The Morgan fingerprint density at radius 3 is 1.76 bits per heavy atom. The van der Waals surface area contributed by atoms with Crippen molar-refractivity contribution in [1.82, 2.24) is 14.9 Å². The van der Waals surface area contributed by atoms with E-state index >= 15 is 0 Å². The van der Waals surface area contributed by atoms with E-state index in [-0.39, 0.29) is 23.3 Å². The van der Waals surface area contributed by atoms with Gasteiger partial charge in [-0.05, 0) is 62.1 Å². The Balaban J connectivity index is 0.974. The van der Waals surface area contributed by atoms with Gasteiger partial charge in [-0.15, -0.1) is 0 Å². The van der Waals surface area contributed by atoms with Gasteiger partial charge in [0.2, 0.25) is 11.8 Å². The Morgan fingerprint density at radius 2 is 1.23 bits per heavy atom. The monoisotopic (exact) mass is 830 g/mol. The molecule has 7 nitrogen and oxygen atoms in total. The molecule has 1 saturated heterocycles. The molecule has 1 fully saturated rings. The normalized spacial score (nSPS) is 14.5. The summed E-state index contributed by atoms with van der Waals surface area (Å²) >= 11 is 0. The average Bonchev–Trinajstić information content (AvgIpc) is 3.92. The number of nitrogens with one attached hydrogen (secondary N) is 1. The lowest BCUT2D eigenvalue weighted by Gasteiger charge is -2.43. The van der Waals surface area contributed by atoms with Gasteiger partial charge in [0.25, 0.3) is 0 Å². The van der Waals surface area contributed by atoms with Crippen LogP contribution in [-0.4, -0.2) is 42.3 Å². The molecule has 2 heterocycles. The highest BCUT2D eigenvalue weighted by molar-refractivity contribution is 7.00. The molecular weight excluding hydrogens is 781 g/mol. The molecule has 0 aliphatic carbocycles. The van der Waals surface area contributed by atoms with Crippen LogP contribution in [0.3, 0.4) is 0 Å². The van der Waals surface area contributed by atoms with Crippen LogP contribution in [0.5, 0.6) is 5.75 Å². The molecule has 2 amide bonds. The van der Waals surface area contributed by atoms with Crippen LogP contribution in [0.1, 0.15) is 49.6 Å². The fourth-order valence-electron chi connectivity index (χ4n) is 9.45. The highest BCUT2D eigenvalue weighted by atomic mass is 28.4. The quantitative estimate of drug-likeness (QED) is 0.0985. The third kappa shape index (κ3) is 7.30. The molecule has 1 atom stereocenters. The lowest BCUT2D eigenvalue weighted by Crippen LogP contribution is -2.68. The number of rotatable bonds is 12. The smallest absolute Gasteiger partial charge is 0.319 e. The van der Waals surface area contributed by atoms with Crippen molar-refractivity contribution in [3.05, 3.63) is 223 Å². The molecule has 9 rings (SSSR count). The second-order valence-electron chi connectivity index (χ2n) is 17.1. The number of fused-ring (bicyclic) bond motifs is 1. The van der Waals surface area contributed by atoms with Gasteiger partial charge in [-0.3, -0.25) is 9.59 Å². The van der Waals surface area contributed by atoms with Crippen molar-refractivity contribution in [3.8, 4) is 5.75 Å². The van der Waals surface area contributed by atoms with Gasteiger partial charge in [0.1, 0.15) is 17.3 Å². The summed E-state index contributed by atoms with van der Waals surface area (Å²) in [5.41, 5.74) is 3.87. The van der Waals surface area contributed by atoms with Crippen molar-refractivity contribution in [2.24, 2.45) is 0 Å². The summed E-state index contributed by atoms with van der Waals surface area (Å²) in [5, 5.41) is 7.16. The summed E-state index contributed by atoms with van der Waals surface area (Å²) in [6, 6.07) is 63.9. The van der Waals surface area contributed by atoms with Gasteiger partial charge in [0, 0.05) is 18.1 Å². The van der Waals surface area contributed by atoms with Crippen molar-refractivity contribution in [2.75, 3.05) is 11.4 Å². The van der Waals surface area contributed by atoms with E-state index in [2.05, 4.69) is 134 Å². The van der Waals surface area contributed by atoms with Crippen LogP contribution in [0.2, 0.25) is 5.04 Å². The zero-order chi connectivity index (χ0) is 42.7. The van der Waals surface area contributed by atoms with Gasteiger partial charge in [0.15, 0.2) is 0 Å². The largest absolute Gasteiger partial charge is 0.534 e. The van der Waals surface area contributed by atoms with Gasteiger partial charge < -0.3 is 19.2 Å².